The first kappa shape index (κ1) is 14.6. The highest BCUT2D eigenvalue weighted by Gasteiger charge is 2.72. The molecule has 23 heavy (non-hydrogen) atoms. The quantitative estimate of drug-likeness (QED) is 0.670. The molecule has 0 amide bonds. The van der Waals surface area contributed by atoms with Gasteiger partial charge in [-0.15, -0.1) is 0 Å². The number of rotatable bonds is 3. The number of aliphatic hydroxyl groups is 1. The zero-order valence-electron chi connectivity index (χ0n) is 12.8. The van der Waals surface area contributed by atoms with E-state index in [-0.39, 0.29) is 24.2 Å². The molecule has 0 radical (unpaired) electrons. The molecule has 3 unspecified atom stereocenters. The fraction of sp³-hybridized carbons (Fsp3) is 0.444. The van der Waals surface area contributed by atoms with Crippen LogP contribution in [-0.2, 0) is 19.1 Å². The van der Waals surface area contributed by atoms with Crippen LogP contribution in [-0.4, -0.2) is 42.8 Å². The third kappa shape index (κ3) is 1.75. The molecule has 2 fully saturated rings. The van der Waals surface area contributed by atoms with E-state index in [1.807, 2.05) is 30.3 Å². The molecule has 5 nitrogen and oxygen atoms in total. The normalized spacial score (nSPS) is 37.7. The number of hydrogen-bond acceptors (Lipinski definition) is 5. The highest BCUT2D eigenvalue weighted by Crippen LogP contribution is 2.62. The lowest BCUT2D eigenvalue weighted by Gasteiger charge is -2.50. The molecule has 5 heteroatoms. The molecule has 1 saturated carbocycles. The van der Waals surface area contributed by atoms with Crippen molar-refractivity contribution >= 4 is 11.8 Å². The number of methoxy groups -OCH3 is 1. The van der Waals surface area contributed by atoms with Crippen LogP contribution in [0.15, 0.2) is 42.0 Å². The number of fused-ring (bicyclic) bond motifs is 1. The molecular formula is C18H18O5. The minimum Gasteiger partial charge on any atom is -0.466 e. The van der Waals surface area contributed by atoms with E-state index in [0.29, 0.717) is 18.6 Å². The Balaban J connectivity index is 1.88. The molecule has 1 spiro atoms. The van der Waals surface area contributed by atoms with Crippen molar-refractivity contribution in [1.29, 1.82) is 0 Å². The second kappa shape index (κ2) is 4.76. The average molecular weight is 314 g/mol. The SMILES string of the molecule is COC(=O)C1=CC2(CO)C(=O)[C@]3(CO3)C1CC2c1ccccc1. The topological polar surface area (TPSA) is 76.1 Å². The van der Waals surface area contributed by atoms with Gasteiger partial charge in [-0.25, -0.2) is 4.79 Å². The van der Waals surface area contributed by atoms with Crippen molar-refractivity contribution < 1.29 is 24.2 Å². The smallest absolute Gasteiger partial charge is 0.333 e. The number of epoxide rings is 1. The third-order valence-corrected chi connectivity index (χ3v) is 5.59. The molecule has 4 aliphatic rings. The molecule has 1 heterocycles. The first-order valence-electron chi connectivity index (χ1n) is 7.75. The van der Waals surface area contributed by atoms with Crippen LogP contribution in [0.5, 0.6) is 0 Å². The van der Waals surface area contributed by atoms with Crippen molar-refractivity contribution in [2.24, 2.45) is 11.3 Å². The van der Waals surface area contributed by atoms with Gasteiger partial charge in [0.15, 0.2) is 11.4 Å². The van der Waals surface area contributed by atoms with Gasteiger partial charge in [-0.3, -0.25) is 4.79 Å². The van der Waals surface area contributed by atoms with Crippen LogP contribution in [0.3, 0.4) is 0 Å². The van der Waals surface area contributed by atoms with Gasteiger partial charge in [-0.1, -0.05) is 36.4 Å². The third-order valence-electron chi connectivity index (χ3n) is 5.59. The maximum Gasteiger partial charge on any atom is 0.333 e. The summed E-state index contributed by atoms with van der Waals surface area (Å²) in [4.78, 5) is 25.2. The van der Waals surface area contributed by atoms with Crippen LogP contribution in [0.4, 0.5) is 0 Å². The standard InChI is InChI=1S/C18H18O5/c1-22-15(20)12-8-17(9-19)13(11-5-3-2-4-6-11)7-14(12)18(10-23-18)16(17)21/h2-6,8,13-14,19H,7,9-10H2,1H3/t13?,14?,17?,18-/m0/s1. The van der Waals surface area contributed by atoms with Crippen LogP contribution in [0.2, 0.25) is 0 Å². The van der Waals surface area contributed by atoms with E-state index < -0.39 is 17.0 Å². The Morgan fingerprint density at radius 3 is 2.61 bits per heavy atom. The highest BCUT2D eigenvalue weighted by atomic mass is 16.6. The fourth-order valence-corrected chi connectivity index (χ4v) is 4.34. The largest absolute Gasteiger partial charge is 0.466 e. The summed E-state index contributed by atoms with van der Waals surface area (Å²) in [5.41, 5.74) is -0.594. The summed E-state index contributed by atoms with van der Waals surface area (Å²) in [6, 6.07) is 9.67. The monoisotopic (exact) mass is 314 g/mol. The lowest BCUT2D eigenvalue weighted by molar-refractivity contribution is -0.146. The molecule has 1 aromatic rings. The number of benzene rings is 1. The lowest BCUT2D eigenvalue weighted by Crippen LogP contribution is -2.59. The Morgan fingerprint density at radius 2 is 2.04 bits per heavy atom. The molecule has 2 bridgehead atoms. The maximum atomic E-state index is 13.1. The van der Waals surface area contributed by atoms with Gasteiger partial charge in [0.25, 0.3) is 0 Å². The first-order valence-corrected chi connectivity index (χ1v) is 7.75. The molecule has 1 aromatic carbocycles. The summed E-state index contributed by atoms with van der Waals surface area (Å²) in [5.74, 6) is -1.01. The van der Waals surface area contributed by atoms with Crippen molar-refractivity contribution in [2.75, 3.05) is 20.3 Å². The van der Waals surface area contributed by atoms with Gasteiger partial charge >= 0.3 is 5.97 Å². The summed E-state index contributed by atoms with van der Waals surface area (Å²) < 4.78 is 10.4. The average Bonchev–Trinajstić information content (AvgIpc) is 3.40. The number of hydrogen-bond donors (Lipinski definition) is 1. The Hall–Kier alpha value is -1.98. The second-order valence-corrected chi connectivity index (χ2v) is 6.55. The molecule has 3 aliphatic carbocycles. The minimum atomic E-state index is -1.11. The van der Waals surface area contributed by atoms with Gasteiger partial charge in [0, 0.05) is 17.4 Å². The van der Waals surface area contributed by atoms with Crippen LogP contribution in [0.25, 0.3) is 0 Å². The zero-order valence-corrected chi connectivity index (χ0v) is 12.8. The van der Waals surface area contributed by atoms with Gasteiger partial charge in [0.1, 0.15) is 0 Å². The molecule has 1 aliphatic heterocycles. The van der Waals surface area contributed by atoms with E-state index in [0.717, 1.165) is 5.56 Å². The zero-order chi connectivity index (χ0) is 16.2. The van der Waals surface area contributed by atoms with Gasteiger partial charge in [-0.2, -0.15) is 0 Å². The summed E-state index contributed by atoms with van der Waals surface area (Å²) in [7, 11) is 1.33. The second-order valence-electron chi connectivity index (χ2n) is 6.55. The van der Waals surface area contributed by atoms with Crippen LogP contribution >= 0.6 is 0 Å². The number of ether oxygens (including phenoxy) is 2. The number of Topliss-reactive ketones (excluding diaryl/α,β-unsaturated/α-hetero) is 1. The summed E-state index contributed by atoms with van der Waals surface area (Å²) in [6.45, 7) is -0.0299. The molecule has 1 saturated heterocycles. The Kier molecular flexibility index (Phi) is 3.02. The van der Waals surface area contributed by atoms with E-state index in [2.05, 4.69) is 0 Å². The van der Waals surface area contributed by atoms with Crippen molar-refractivity contribution in [3.8, 4) is 0 Å². The van der Waals surface area contributed by atoms with E-state index in [1.54, 1.807) is 6.08 Å². The van der Waals surface area contributed by atoms with Crippen molar-refractivity contribution in [1.82, 2.24) is 0 Å². The van der Waals surface area contributed by atoms with Crippen LogP contribution in [0, 0.1) is 11.3 Å². The number of carbonyl (C=O) groups is 2. The van der Waals surface area contributed by atoms with Gasteiger partial charge < -0.3 is 14.6 Å². The van der Waals surface area contributed by atoms with E-state index in [1.165, 1.54) is 7.11 Å². The number of aliphatic hydroxyl groups excluding tert-OH is 1. The Morgan fingerprint density at radius 1 is 1.35 bits per heavy atom. The Bertz CT molecular complexity index is 703. The van der Waals surface area contributed by atoms with Crippen LogP contribution in [0.1, 0.15) is 17.9 Å². The molecule has 4 atom stereocenters. The molecule has 120 valence electrons. The van der Waals surface area contributed by atoms with Gasteiger partial charge in [-0.05, 0) is 12.0 Å². The predicted molar refractivity (Wildman–Crippen MR) is 80.6 cm³/mol. The maximum absolute atomic E-state index is 13.1. The van der Waals surface area contributed by atoms with Crippen molar-refractivity contribution in [3.05, 3.63) is 47.5 Å². The predicted octanol–water partition coefficient (Wildman–Crippen LogP) is 1.22. The van der Waals surface area contributed by atoms with Gasteiger partial charge in [0.2, 0.25) is 0 Å². The number of carbonyl (C=O) groups excluding carboxylic acids is 2. The van der Waals surface area contributed by atoms with Crippen molar-refractivity contribution in [2.45, 2.75) is 17.9 Å². The lowest BCUT2D eigenvalue weighted by atomic mass is 9.50. The molecular weight excluding hydrogens is 296 g/mol. The van der Waals surface area contributed by atoms with E-state index in [9.17, 15) is 14.7 Å². The molecule has 5 rings (SSSR count). The van der Waals surface area contributed by atoms with E-state index in [4.69, 9.17) is 9.47 Å². The van der Waals surface area contributed by atoms with Crippen LogP contribution < -0.4 is 0 Å². The highest BCUT2D eigenvalue weighted by molar-refractivity contribution is 6.05. The molecule has 0 aromatic heterocycles. The fourth-order valence-electron chi connectivity index (χ4n) is 4.34. The van der Waals surface area contributed by atoms with Crippen molar-refractivity contribution in [3.63, 3.8) is 0 Å². The first-order chi connectivity index (χ1) is 11.1. The number of esters is 1. The molecule has 1 N–H and O–H groups in total. The summed E-state index contributed by atoms with van der Waals surface area (Å²) in [5, 5.41) is 10.1. The summed E-state index contributed by atoms with van der Waals surface area (Å²) in [6.07, 6.45) is 2.23. The number of ketones is 1. The van der Waals surface area contributed by atoms with E-state index >= 15 is 0 Å². The Labute approximate surface area is 133 Å². The summed E-state index contributed by atoms with van der Waals surface area (Å²) >= 11 is 0. The van der Waals surface area contributed by atoms with Gasteiger partial charge in [0.05, 0.1) is 25.7 Å². The minimum absolute atomic E-state index is 0.106.